The van der Waals surface area contributed by atoms with Crippen LogP contribution in [0.15, 0.2) is 42.6 Å². The standard InChI is InChI=1S/C13H16N4O/c1-10(11-6-4-3-5-7-11)14-13(18)15-12-8-9-17(2)16-12/h3-10H,1-2H3,(H2,14,15,16,18). The Morgan fingerprint density at radius 2 is 2.00 bits per heavy atom. The molecule has 1 heterocycles. The van der Waals surface area contributed by atoms with Crippen molar-refractivity contribution in [2.75, 3.05) is 5.32 Å². The van der Waals surface area contributed by atoms with Gasteiger partial charge in [0, 0.05) is 19.3 Å². The Morgan fingerprint density at radius 3 is 2.61 bits per heavy atom. The Bertz CT molecular complexity index is 521. The molecule has 0 aliphatic carbocycles. The Balaban J connectivity index is 1.92. The third-order valence-corrected chi connectivity index (χ3v) is 2.60. The number of aromatic nitrogens is 2. The molecular formula is C13H16N4O. The highest BCUT2D eigenvalue weighted by Crippen LogP contribution is 2.11. The largest absolute Gasteiger partial charge is 0.331 e. The quantitative estimate of drug-likeness (QED) is 0.870. The minimum Gasteiger partial charge on any atom is -0.331 e. The maximum Gasteiger partial charge on any atom is 0.320 e. The van der Waals surface area contributed by atoms with Crippen LogP contribution < -0.4 is 10.6 Å². The van der Waals surface area contributed by atoms with E-state index in [9.17, 15) is 4.79 Å². The zero-order valence-electron chi connectivity index (χ0n) is 10.4. The first kappa shape index (κ1) is 12.2. The molecule has 2 rings (SSSR count). The van der Waals surface area contributed by atoms with Crippen molar-refractivity contribution in [3.05, 3.63) is 48.2 Å². The van der Waals surface area contributed by atoms with Crippen LogP contribution in [0.2, 0.25) is 0 Å². The first-order valence-electron chi connectivity index (χ1n) is 5.77. The summed E-state index contributed by atoms with van der Waals surface area (Å²) >= 11 is 0. The number of anilines is 1. The topological polar surface area (TPSA) is 59.0 Å². The molecule has 5 heteroatoms. The van der Waals surface area contributed by atoms with Crippen LogP contribution in [-0.2, 0) is 7.05 Å². The van der Waals surface area contributed by atoms with Crippen LogP contribution in [0, 0.1) is 0 Å². The SMILES string of the molecule is CC(NC(=O)Nc1ccn(C)n1)c1ccccc1. The van der Waals surface area contributed by atoms with E-state index < -0.39 is 0 Å². The summed E-state index contributed by atoms with van der Waals surface area (Å²) in [5.74, 6) is 0.537. The fraction of sp³-hybridized carbons (Fsp3) is 0.231. The smallest absolute Gasteiger partial charge is 0.320 e. The zero-order chi connectivity index (χ0) is 13.0. The molecular weight excluding hydrogens is 228 g/mol. The van der Waals surface area contributed by atoms with Gasteiger partial charge in [-0.2, -0.15) is 5.10 Å². The first-order chi connectivity index (χ1) is 8.65. The Labute approximate surface area is 106 Å². The number of nitrogens with one attached hydrogen (secondary N) is 2. The van der Waals surface area contributed by atoms with Gasteiger partial charge in [-0.25, -0.2) is 4.79 Å². The fourth-order valence-corrected chi connectivity index (χ4v) is 1.66. The Hall–Kier alpha value is -2.30. The molecule has 2 amide bonds. The van der Waals surface area contributed by atoms with Crippen LogP contribution in [0.3, 0.4) is 0 Å². The lowest BCUT2D eigenvalue weighted by Gasteiger charge is -2.14. The molecule has 0 spiro atoms. The molecule has 1 unspecified atom stereocenters. The van der Waals surface area contributed by atoms with Gasteiger partial charge in [-0.1, -0.05) is 30.3 Å². The van der Waals surface area contributed by atoms with Gasteiger partial charge in [-0.15, -0.1) is 0 Å². The summed E-state index contributed by atoms with van der Waals surface area (Å²) in [6.07, 6.45) is 1.77. The summed E-state index contributed by atoms with van der Waals surface area (Å²) in [4.78, 5) is 11.7. The van der Waals surface area contributed by atoms with Crippen LogP contribution in [0.5, 0.6) is 0 Å². The van der Waals surface area contributed by atoms with E-state index in [4.69, 9.17) is 0 Å². The molecule has 94 valence electrons. The van der Waals surface area contributed by atoms with E-state index in [2.05, 4.69) is 15.7 Å². The van der Waals surface area contributed by atoms with Gasteiger partial charge < -0.3 is 5.32 Å². The van der Waals surface area contributed by atoms with Crippen molar-refractivity contribution in [1.82, 2.24) is 15.1 Å². The molecule has 1 aromatic heterocycles. The van der Waals surface area contributed by atoms with Gasteiger partial charge in [0.1, 0.15) is 0 Å². The van der Waals surface area contributed by atoms with E-state index in [0.717, 1.165) is 5.56 Å². The summed E-state index contributed by atoms with van der Waals surface area (Å²) < 4.78 is 1.64. The monoisotopic (exact) mass is 244 g/mol. The molecule has 0 bridgehead atoms. The molecule has 0 aliphatic heterocycles. The highest BCUT2D eigenvalue weighted by atomic mass is 16.2. The van der Waals surface area contributed by atoms with Crippen molar-refractivity contribution in [1.29, 1.82) is 0 Å². The van der Waals surface area contributed by atoms with Crippen molar-refractivity contribution in [3.8, 4) is 0 Å². The van der Waals surface area contributed by atoms with E-state index in [-0.39, 0.29) is 12.1 Å². The summed E-state index contributed by atoms with van der Waals surface area (Å²) in [5.41, 5.74) is 1.06. The van der Waals surface area contributed by atoms with Gasteiger partial charge in [0.05, 0.1) is 6.04 Å². The molecule has 0 saturated carbocycles. The van der Waals surface area contributed by atoms with Gasteiger partial charge >= 0.3 is 6.03 Å². The van der Waals surface area contributed by atoms with Crippen LogP contribution in [0.25, 0.3) is 0 Å². The van der Waals surface area contributed by atoms with Gasteiger partial charge in [0.2, 0.25) is 0 Å². The average molecular weight is 244 g/mol. The minimum atomic E-state index is -0.259. The van der Waals surface area contributed by atoms with E-state index in [1.165, 1.54) is 0 Å². The third kappa shape index (κ3) is 3.10. The van der Waals surface area contributed by atoms with E-state index >= 15 is 0 Å². The van der Waals surface area contributed by atoms with Crippen molar-refractivity contribution in [2.45, 2.75) is 13.0 Å². The van der Waals surface area contributed by atoms with Crippen LogP contribution in [-0.4, -0.2) is 15.8 Å². The molecule has 0 aliphatic rings. The molecule has 0 fully saturated rings. The molecule has 5 nitrogen and oxygen atoms in total. The average Bonchev–Trinajstić information content (AvgIpc) is 2.75. The van der Waals surface area contributed by atoms with Gasteiger partial charge in [-0.3, -0.25) is 10.00 Å². The number of hydrogen-bond acceptors (Lipinski definition) is 2. The third-order valence-electron chi connectivity index (χ3n) is 2.60. The zero-order valence-corrected chi connectivity index (χ0v) is 10.4. The fourth-order valence-electron chi connectivity index (χ4n) is 1.66. The van der Waals surface area contributed by atoms with Crippen molar-refractivity contribution >= 4 is 11.8 Å². The number of hydrogen-bond donors (Lipinski definition) is 2. The van der Waals surface area contributed by atoms with Gasteiger partial charge in [0.15, 0.2) is 5.82 Å². The normalized spacial score (nSPS) is 11.9. The molecule has 2 aromatic rings. The predicted octanol–water partition coefficient (Wildman–Crippen LogP) is 2.30. The maximum absolute atomic E-state index is 11.7. The number of aryl methyl sites for hydroxylation is 1. The number of rotatable bonds is 3. The van der Waals surface area contributed by atoms with Gasteiger partial charge in [0.25, 0.3) is 0 Å². The Morgan fingerprint density at radius 1 is 1.28 bits per heavy atom. The number of urea groups is 1. The highest BCUT2D eigenvalue weighted by Gasteiger charge is 2.09. The summed E-state index contributed by atoms with van der Waals surface area (Å²) in [6, 6.07) is 11.2. The first-order valence-corrected chi connectivity index (χ1v) is 5.77. The van der Waals surface area contributed by atoms with Crippen molar-refractivity contribution < 1.29 is 4.79 Å². The molecule has 0 saturated heterocycles. The van der Waals surface area contributed by atoms with E-state index in [1.807, 2.05) is 37.3 Å². The number of benzene rings is 1. The predicted molar refractivity (Wildman–Crippen MR) is 70.2 cm³/mol. The molecule has 1 aromatic carbocycles. The van der Waals surface area contributed by atoms with Gasteiger partial charge in [-0.05, 0) is 12.5 Å². The van der Waals surface area contributed by atoms with Crippen molar-refractivity contribution in [2.24, 2.45) is 7.05 Å². The second-order valence-electron chi connectivity index (χ2n) is 4.11. The summed E-state index contributed by atoms with van der Waals surface area (Å²) in [7, 11) is 1.80. The summed E-state index contributed by atoms with van der Waals surface area (Å²) in [5, 5.41) is 9.61. The number of nitrogens with zero attached hydrogens (tertiary/aromatic N) is 2. The lowest BCUT2D eigenvalue weighted by atomic mass is 10.1. The lowest BCUT2D eigenvalue weighted by Crippen LogP contribution is -2.31. The van der Waals surface area contributed by atoms with Crippen LogP contribution in [0.4, 0.5) is 10.6 Å². The molecule has 2 N–H and O–H groups in total. The number of carbonyl (C=O) groups excluding carboxylic acids is 1. The molecule has 0 radical (unpaired) electrons. The number of amides is 2. The maximum atomic E-state index is 11.7. The van der Waals surface area contributed by atoms with Crippen LogP contribution in [0.1, 0.15) is 18.5 Å². The minimum absolute atomic E-state index is 0.0464. The highest BCUT2D eigenvalue weighted by molar-refractivity contribution is 5.88. The number of carbonyl (C=O) groups is 1. The molecule has 18 heavy (non-hydrogen) atoms. The van der Waals surface area contributed by atoms with E-state index in [0.29, 0.717) is 5.82 Å². The van der Waals surface area contributed by atoms with Crippen LogP contribution >= 0.6 is 0 Å². The van der Waals surface area contributed by atoms with E-state index in [1.54, 1.807) is 24.0 Å². The summed E-state index contributed by atoms with van der Waals surface area (Å²) in [6.45, 7) is 1.94. The second kappa shape index (κ2) is 5.35. The lowest BCUT2D eigenvalue weighted by molar-refractivity contribution is 0.249. The second-order valence-corrected chi connectivity index (χ2v) is 4.11. The molecule has 1 atom stereocenters. The van der Waals surface area contributed by atoms with Crippen molar-refractivity contribution in [3.63, 3.8) is 0 Å². The Kier molecular flexibility index (Phi) is 3.62.